The summed E-state index contributed by atoms with van der Waals surface area (Å²) < 4.78 is 34.3. The van der Waals surface area contributed by atoms with E-state index < -0.39 is 11.6 Å². The highest BCUT2D eigenvalue weighted by molar-refractivity contribution is 5.55. The molecule has 1 aromatic carbocycles. The van der Waals surface area contributed by atoms with Crippen LogP contribution in [0.15, 0.2) is 12.1 Å². The molecule has 0 spiro atoms. The number of allylic oxidation sites excluding steroid dienone is 1. The predicted octanol–water partition coefficient (Wildman–Crippen LogP) is 7.08. The van der Waals surface area contributed by atoms with Crippen LogP contribution in [0.5, 0.6) is 5.75 Å². The molecule has 1 atom stereocenters. The Kier molecular flexibility index (Phi) is 6.72. The normalized spacial score (nSPS) is 25.9. The fraction of sp³-hybridized carbons (Fsp3) is 0.652. The van der Waals surface area contributed by atoms with E-state index in [1.54, 1.807) is 12.1 Å². The highest BCUT2D eigenvalue weighted by Gasteiger charge is 2.25. The lowest BCUT2D eigenvalue weighted by Gasteiger charge is -2.27. The third-order valence-corrected chi connectivity index (χ3v) is 6.06. The van der Waals surface area contributed by atoms with Gasteiger partial charge in [0.15, 0.2) is 11.6 Å². The van der Waals surface area contributed by atoms with Crippen LogP contribution >= 0.6 is 0 Å². The van der Waals surface area contributed by atoms with Crippen molar-refractivity contribution >= 4 is 6.08 Å². The molecule has 26 heavy (non-hydrogen) atoms. The number of hydrogen-bond donors (Lipinski definition) is 0. The number of benzene rings is 1. The highest BCUT2D eigenvalue weighted by atomic mass is 19.2. The summed E-state index contributed by atoms with van der Waals surface area (Å²) in [7, 11) is 0. The minimum Gasteiger partial charge on any atom is -0.487 e. The van der Waals surface area contributed by atoms with E-state index in [0.29, 0.717) is 11.5 Å². The zero-order valence-electron chi connectivity index (χ0n) is 16.2. The number of fused-ring (bicyclic) bond motifs is 1. The third-order valence-electron chi connectivity index (χ3n) is 6.06. The molecule has 1 aliphatic heterocycles. The van der Waals surface area contributed by atoms with Crippen LogP contribution in [0.2, 0.25) is 0 Å². The van der Waals surface area contributed by atoms with Gasteiger partial charge in [-0.2, -0.15) is 4.39 Å². The van der Waals surface area contributed by atoms with E-state index in [-0.39, 0.29) is 11.9 Å². The monoisotopic (exact) mass is 362 g/mol. The van der Waals surface area contributed by atoms with Crippen LogP contribution < -0.4 is 4.74 Å². The van der Waals surface area contributed by atoms with E-state index in [1.165, 1.54) is 51.4 Å². The van der Waals surface area contributed by atoms with Crippen molar-refractivity contribution in [3.8, 4) is 5.75 Å². The van der Waals surface area contributed by atoms with Crippen molar-refractivity contribution in [2.45, 2.75) is 84.2 Å². The van der Waals surface area contributed by atoms with Crippen LogP contribution in [0.4, 0.5) is 8.78 Å². The minimum atomic E-state index is -0.826. The van der Waals surface area contributed by atoms with Crippen LogP contribution in [0, 0.1) is 23.5 Å². The lowest BCUT2D eigenvalue weighted by Crippen LogP contribution is -2.20. The topological polar surface area (TPSA) is 9.23 Å². The van der Waals surface area contributed by atoms with E-state index >= 15 is 0 Å². The Morgan fingerprint density at radius 3 is 2.58 bits per heavy atom. The first-order valence-electron chi connectivity index (χ1n) is 10.4. The Hall–Kier alpha value is -1.38. The lowest BCUT2D eigenvalue weighted by molar-refractivity contribution is 0.180. The van der Waals surface area contributed by atoms with E-state index in [1.807, 2.05) is 6.92 Å². The fourth-order valence-electron chi connectivity index (χ4n) is 4.33. The second kappa shape index (κ2) is 9.01. The Labute approximate surface area is 156 Å². The van der Waals surface area contributed by atoms with Crippen molar-refractivity contribution in [1.82, 2.24) is 0 Å². The summed E-state index contributed by atoms with van der Waals surface area (Å²) in [6, 6.07) is 1.77. The molecular formula is C23H32F2O. The maximum atomic E-state index is 14.4. The second-order valence-electron chi connectivity index (χ2n) is 8.18. The Bertz CT molecular complexity index is 630. The van der Waals surface area contributed by atoms with Gasteiger partial charge in [0.2, 0.25) is 5.82 Å². The predicted molar refractivity (Wildman–Crippen MR) is 103 cm³/mol. The van der Waals surface area contributed by atoms with Gasteiger partial charge in [0.25, 0.3) is 0 Å². The fourth-order valence-corrected chi connectivity index (χ4v) is 4.33. The van der Waals surface area contributed by atoms with Gasteiger partial charge in [-0.25, -0.2) is 4.39 Å². The molecular weight excluding hydrogens is 330 g/mol. The third kappa shape index (κ3) is 4.66. The van der Waals surface area contributed by atoms with Crippen molar-refractivity contribution in [2.24, 2.45) is 11.8 Å². The molecule has 2 aliphatic rings. The Morgan fingerprint density at radius 1 is 1.08 bits per heavy atom. The van der Waals surface area contributed by atoms with Crippen LogP contribution in [-0.4, -0.2) is 6.10 Å². The molecule has 0 aromatic heterocycles. The number of rotatable bonds is 6. The second-order valence-corrected chi connectivity index (χ2v) is 8.18. The van der Waals surface area contributed by atoms with E-state index in [0.717, 1.165) is 24.3 Å². The Morgan fingerprint density at radius 2 is 1.85 bits per heavy atom. The maximum Gasteiger partial charge on any atom is 0.201 e. The molecule has 1 aromatic rings. The van der Waals surface area contributed by atoms with E-state index in [9.17, 15) is 8.78 Å². The molecule has 1 aliphatic carbocycles. The molecule has 144 valence electrons. The number of unbranched alkanes of at least 4 members (excludes halogenated alkanes) is 2. The summed E-state index contributed by atoms with van der Waals surface area (Å²) in [6.07, 6.45) is 15.6. The van der Waals surface area contributed by atoms with Crippen molar-refractivity contribution in [2.75, 3.05) is 0 Å². The van der Waals surface area contributed by atoms with Gasteiger partial charge in [-0.1, -0.05) is 44.8 Å². The molecule has 1 heterocycles. The molecule has 1 saturated carbocycles. The van der Waals surface area contributed by atoms with Gasteiger partial charge in [-0.3, -0.25) is 0 Å². The number of ether oxygens (including phenoxy) is 1. The molecule has 1 unspecified atom stereocenters. The number of hydrogen-bond acceptors (Lipinski definition) is 1. The van der Waals surface area contributed by atoms with Gasteiger partial charge in [-0.15, -0.1) is 0 Å². The zero-order chi connectivity index (χ0) is 18.5. The average Bonchev–Trinajstić information content (AvgIpc) is 2.65. The standard InChI is InChI=1S/C23H32F2O/c1-3-4-5-6-17-8-10-18(11-9-17)12-14-19-15-20-13-7-16(2)26-23(20)22(25)21(19)24/h12,14-18H,3-11,13H2,1-2H3. The molecule has 3 rings (SSSR count). The summed E-state index contributed by atoms with van der Waals surface area (Å²) >= 11 is 0. The van der Waals surface area contributed by atoms with Crippen LogP contribution in [-0.2, 0) is 6.42 Å². The van der Waals surface area contributed by atoms with Crippen molar-refractivity contribution in [3.05, 3.63) is 34.9 Å². The van der Waals surface area contributed by atoms with Crippen molar-refractivity contribution in [3.63, 3.8) is 0 Å². The molecule has 0 bridgehead atoms. The molecule has 3 heteroatoms. The summed E-state index contributed by atoms with van der Waals surface area (Å²) in [5, 5.41) is 0. The summed E-state index contributed by atoms with van der Waals surface area (Å²) in [5.41, 5.74) is 1.16. The highest BCUT2D eigenvalue weighted by Crippen LogP contribution is 2.36. The Balaban J connectivity index is 1.60. The average molecular weight is 363 g/mol. The summed E-state index contributed by atoms with van der Waals surface area (Å²) in [6.45, 7) is 4.14. The van der Waals surface area contributed by atoms with Gasteiger partial charge in [0, 0.05) is 5.56 Å². The minimum absolute atomic E-state index is 0.0506. The van der Waals surface area contributed by atoms with E-state index in [2.05, 4.69) is 13.0 Å². The van der Waals surface area contributed by atoms with Gasteiger partial charge in [0.1, 0.15) is 0 Å². The first-order chi connectivity index (χ1) is 12.6. The van der Waals surface area contributed by atoms with Gasteiger partial charge in [0.05, 0.1) is 6.10 Å². The molecule has 1 nitrogen and oxygen atoms in total. The SMILES string of the molecule is CCCCCC1CCC(C=Cc2cc3c(c(F)c2F)OC(C)CC3)CC1. The van der Waals surface area contributed by atoms with Gasteiger partial charge < -0.3 is 4.74 Å². The first kappa shape index (κ1) is 19.4. The number of aryl methyl sites for hydroxylation is 1. The molecule has 0 radical (unpaired) electrons. The summed E-state index contributed by atoms with van der Waals surface area (Å²) in [5.74, 6) is -0.128. The van der Waals surface area contributed by atoms with Crippen LogP contribution in [0.1, 0.15) is 82.8 Å². The summed E-state index contributed by atoms with van der Waals surface area (Å²) in [4.78, 5) is 0. The smallest absolute Gasteiger partial charge is 0.201 e. The van der Waals surface area contributed by atoms with Crippen molar-refractivity contribution in [1.29, 1.82) is 0 Å². The zero-order valence-corrected chi connectivity index (χ0v) is 16.2. The van der Waals surface area contributed by atoms with Crippen LogP contribution in [0.25, 0.3) is 6.08 Å². The molecule has 0 amide bonds. The van der Waals surface area contributed by atoms with Gasteiger partial charge >= 0.3 is 0 Å². The lowest BCUT2D eigenvalue weighted by atomic mass is 9.79. The largest absolute Gasteiger partial charge is 0.487 e. The first-order valence-corrected chi connectivity index (χ1v) is 10.4. The molecule has 0 saturated heterocycles. The molecule has 0 N–H and O–H groups in total. The van der Waals surface area contributed by atoms with Gasteiger partial charge in [-0.05, 0) is 68.9 Å². The quantitative estimate of drug-likeness (QED) is 0.491. The molecule has 1 fully saturated rings. The number of halogens is 2. The van der Waals surface area contributed by atoms with Crippen molar-refractivity contribution < 1.29 is 13.5 Å². The van der Waals surface area contributed by atoms with Crippen LogP contribution in [0.3, 0.4) is 0 Å². The van der Waals surface area contributed by atoms with E-state index in [4.69, 9.17) is 4.74 Å². The maximum absolute atomic E-state index is 14.4.